The Balaban J connectivity index is 2.22. The predicted octanol–water partition coefficient (Wildman–Crippen LogP) is 3.89. The largest absolute Gasteiger partial charge is 0.376 e. The first-order chi connectivity index (χ1) is 10.6. The van der Waals surface area contributed by atoms with Gasteiger partial charge in [-0.15, -0.1) is 0 Å². The zero-order chi connectivity index (χ0) is 15.7. The molecule has 2 aromatic rings. The number of thiocarbonyl (C=S) groups is 1. The second-order valence-electron chi connectivity index (χ2n) is 4.86. The van der Waals surface area contributed by atoms with Gasteiger partial charge < -0.3 is 10.6 Å². The summed E-state index contributed by atoms with van der Waals surface area (Å²) in [6, 6.07) is 13.2. The quantitative estimate of drug-likeness (QED) is 0.794. The smallest absolute Gasteiger partial charge is 0.170 e. The minimum Gasteiger partial charge on any atom is -0.376 e. The van der Waals surface area contributed by atoms with Crippen LogP contribution in [-0.4, -0.2) is 23.9 Å². The molecule has 1 heterocycles. The van der Waals surface area contributed by atoms with Crippen molar-refractivity contribution in [3.05, 3.63) is 63.6 Å². The average Bonchev–Trinajstić information content (AvgIpc) is 2.67. The van der Waals surface area contributed by atoms with Crippen LogP contribution >= 0.6 is 35.4 Å². The van der Waals surface area contributed by atoms with Gasteiger partial charge >= 0.3 is 0 Å². The molecule has 0 amide bonds. The van der Waals surface area contributed by atoms with Crippen LogP contribution in [0.3, 0.4) is 0 Å². The number of benzodiazepines with no additional fused rings is 1. The van der Waals surface area contributed by atoms with Gasteiger partial charge in [-0.1, -0.05) is 41.4 Å². The summed E-state index contributed by atoms with van der Waals surface area (Å²) >= 11 is 17.7. The predicted molar refractivity (Wildman–Crippen MR) is 97.5 cm³/mol. The minimum atomic E-state index is 0.319. The van der Waals surface area contributed by atoms with Crippen LogP contribution in [-0.2, 0) is 0 Å². The van der Waals surface area contributed by atoms with Gasteiger partial charge in [-0.3, -0.25) is 4.99 Å². The molecular formula is C16H13Cl2N3S. The second kappa shape index (κ2) is 6.24. The molecule has 0 radical (unpaired) electrons. The Morgan fingerprint density at radius 2 is 1.91 bits per heavy atom. The molecule has 112 valence electrons. The number of nitrogens with zero attached hydrogens (tertiary/aromatic N) is 2. The van der Waals surface area contributed by atoms with Crippen LogP contribution in [0.25, 0.3) is 0 Å². The Labute approximate surface area is 144 Å². The van der Waals surface area contributed by atoms with Crippen LogP contribution < -0.4 is 10.6 Å². The molecule has 2 aromatic carbocycles. The molecule has 6 heteroatoms. The maximum absolute atomic E-state index is 6.34. The van der Waals surface area contributed by atoms with Gasteiger partial charge in [0, 0.05) is 27.7 Å². The van der Waals surface area contributed by atoms with E-state index in [4.69, 9.17) is 41.2 Å². The molecule has 0 aliphatic carbocycles. The van der Waals surface area contributed by atoms with E-state index in [1.165, 1.54) is 0 Å². The van der Waals surface area contributed by atoms with Gasteiger partial charge in [0.1, 0.15) is 0 Å². The van der Waals surface area contributed by atoms with Crippen LogP contribution in [0.15, 0.2) is 47.5 Å². The number of aliphatic imine (C=N–C) groups is 1. The molecule has 0 saturated heterocycles. The van der Waals surface area contributed by atoms with E-state index in [-0.39, 0.29) is 0 Å². The molecule has 3 nitrogen and oxygen atoms in total. The molecule has 2 N–H and O–H groups in total. The van der Waals surface area contributed by atoms with E-state index in [2.05, 4.69) is 4.99 Å². The third-order valence-electron chi connectivity index (χ3n) is 3.49. The normalized spacial score (nSPS) is 14.1. The molecule has 0 fully saturated rings. The maximum atomic E-state index is 6.34. The Kier molecular flexibility index (Phi) is 4.34. The van der Waals surface area contributed by atoms with Crippen LogP contribution in [0, 0.1) is 0 Å². The lowest BCUT2D eigenvalue weighted by Crippen LogP contribution is -2.37. The van der Waals surface area contributed by atoms with Gasteiger partial charge in [-0.25, -0.2) is 0 Å². The van der Waals surface area contributed by atoms with Crippen molar-refractivity contribution in [2.24, 2.45) is 10.7 Å². The van der Waals surface area contributed by atoms with Crippen molar-refractivity contribution >= 4 is 51.9 Å². The molecule has 1 aliphatic rings. The zero-order valence-corrected chi connectivity index (χ0v) is 13.9. The van der Waals surface area contributed by atoms with Crippen molar-refractivity contribution in [3.8, 4) is 0 Å². The molecular weight excluding hydrogens is 337 g/mol. The fourth-order valence-electron chi connectivity index (χ4n) is 2.51. The molecule has 0 bridgehead atoms. The van der Waals surface area contributed by atoms with E-state index in [9.17, 15) is 0 Å². The van der Waals surface area contributed by atoms with E-state index in [1.807, 2.05) is 47.4 Å². The summed E-state index contributed by atoms with van der Waals surface area (Å²) in [5, 5.41) is 1.60. The summed E-state index contributed by atoms with van der Waals surface area (Å²) in [5.74, 6) is 0. The highest BCUT2D eigenvalue weighted by molar-refractivity contribution is 7.80. The first-order valence-corrected chi connectivity index (χ1v) is 7.90. The topological polar surface area (TPSA) is 41.6 Å². The van der Waals surface area contributed by atoms with Gasteiger partial charge in [-0.2, -0.15) is 0 Å². The van der Waals surface area contributed by atoms with E-state index in [0.29, 0.717) is 28.2 Å². The fourth-order valence-corrected chi connectivity index (χ4v) is 3.10. The van der Waals surface area contributed by atoms with Crippen molar-refractivity contribution < 1.29 is 0 Å². The Morgan fingerprint density at radius 3 is 2.64 bits per heavy atom. The summed E-state index contributed by atoms with van der Waals surface area (Å²) in [4.78, 5) is 6.56. The summed E-state index contributed by atoms with van der Waals surface area (Å²) in [5.41, 5.74) is 9.31. The molecule has 0 unspecified atom stereocenters. The first-order valence-electron chi connectivity index (χ1n) is 6.74. The van der Waals surface area contributed by atoms with E-state index >= 15 is 0 Å². The molecule has 1 aliphatic heterocycles. The van der Waals surface area contributed by atoms with E-state index < -0.39 is 0 Å². The lowest BCUT2D eigenvalue weighted by Gasteiger charge is -2.23. The number of rotatable bonds is 1. The van der Waals surface area contributed by atoms with Crippen molar-refractivity contribution in [1.82, 2.24) is 0 Å². The Bertz CT molecular complexity index is 774. The third-order valence-corrected chi connectivity index (χ3v) is 4.28. The van der Waals surface area contributed by atoms with Crippen LogP contribution in [0.1, 0.15) is 11.1 Å². The molecule has 22 heavy (non-hydrogen) atoms. The van der Waals surface area contributed by atoms with Crippen LogP contribution in [0.2, 0.25) is 10.0 Å². The first kappa shape index (κ1) is 15.3. The lowest BCUT2D eigenvalue weighted by molar-refractivity contribution is 0.955. The Morgan fingerprint density at radius 1 is 1.14 bits per heavy atom. The summed E-state index contributed by atoms with van der Waals surface area (Å²) < 4.78 is 0. The molecule has 0 atom stereocenters. The number of nitrogens with two attached hydrogens (primary N) is 1. The van der Waals surface area contributed by atoms with Gasteiger partial charge in [0.15, 0.2) is 5.11 Å². The number of hydrogen-bond acceptors (Lipinski definition) is 2. The summed E-state index contributed by atoms with van der Waals surface area (Å²) in [6.45, 7) is 1.20. The highest BCUT2D eigenvalue weighted by Crippen LogP contribution is 2.31. The van der Waals surface area contributed by atoms with Gasteiger partial charge in [0.2, 0.25) is 0 Å². The van der Waals surface area contributed by atoms with Crippen LogP contribution in [0.5, 0.6) is 0 Å². The zero-order valence-electron chi connectivity index (χ0n) is 11.6. The number of fused-ring (bicyclic) bond motifs is 1. The lowest BCUT2D eigenvalue weighted by atomic mass is 10.00. The van der Waals surface area contributed by atoms with Crippen LogP contribution in [0.4, 0.5) is 5.69 Å². The molecule has 0 aromatic heterocycles. The Hall–Kier alpha value is -1.62. The number of hydrogen-bond donors (Lipinski definition) is 1. The highest BCUT2D eigenvalue weighted by Gasteiger charge is 2.22. The monoisotopic (exact) mass is 349 g/mol. The summed E-state index contributed by atoms with van der Waals surface area (Å²) in [7, 11) is 0. The van der Waals surface area contributed by atoms with Gasteiger partial charge in [-0.05, 0) is 36.5 Å². The number of anilines is 1. The van der Waals surface area contributed by atoms with Gasteiger partial charge in [0.05, 0.1) is 17.9 Å². The van der Waals surface area contributed by atoms with Crippen molar-refractivity contribution in [2.45, 2.75) is 0 Å². The standard InChI is InChI=1S/C16H13Cl2N3S/c17-10-5-6-14-12(9-10)15(11-3-1-2-4-13(11)18)20-7-8-21(14)16(19)22/h1-6,9H,7-8H2,(H2,19,22). The van der Waals surface area contributed by atoms with Crippen molar-refractivity contribution in [3.63, 3.8) is 0 Å². The van der Waals surface area contributed by atoms with Gasteiger partial charge in [0.25, 0.3) is 0 Å². The van der Waals surface area contributed by atoms with Crippen molar-refractivity contribution in [2.75, 3.05) is 18.0 Å². The average molecular weight is 350 g/mol. The molecule has 0 spiro atoms. The number of halogens is 2. The fraction of sp³-hybridized carbons (Fsp3) is 0.125. The number of benzene rings is 2. The van der Waals surface area contributed by atoms with E-state index in [0.717, 1.165) is 22.5 Å². The molecule has 0 saturated carbocycles. The summed E-state index contributed by atoms with van der Waals surface area (Å²) in [6.07, 6.45) is 0. The van der Waals surface area contributed by atoms with E-state index in [1.54, 1.807) is 0 Å². The second-order valence-corrected chi connectivity index (χ2v) is 6.12. The molecule has 3 rings (SSSR count). The SMILES string of the molecule is NC(=S)N1CCN=C(c2ccccc2Cl)c2cc(Cl)ccc21. The van der Waals surface area contributed by atoms with Crippen molar-refractivity contribution in [1.29, 1.82) is 0 Å². The maximum Gasteiger partial charge on any atom is 0.170 e. The highest BCUT2D eigenvalue weighted by atomic mass is 35.5. The minimum absolute atomic E-state index is 0.319. The third kappa shape index (κ3) is 2.82.